The molecule has 0 fully saturated rings. The minimum Gasteiger partial charge on any atom is -0.375 e. The number of nitrogens with one attached hydrogen (secondary N) is 1. The standard InChI is InChI=1S/C13H22N2/c1-3-14-11-7-8-12-15(2)13-9-5-4-6-10-13/h4-6,9-10,14H,3,7-8,11-12H2,1-2H3. The molecule has 15 heavy (non-hydrogen) atoms. The Bertz CT molecular complexity index is 246. The van der Waals surface area contributed by atoms with E-state index in [1.54, 1.807) is 0 Å². The van der Waals surface area contributed by atoms with E-state index in [9.17, 15) is 0 Å². The monoisotopic (exact) mass is 206 g/mol. The number of para-hydroxylation sites is 1. The molecule has 0 aliphatic rings. The molecular weight excluding hydrogens is 184 g/mol. The summed E-state index contributed by atoms with van der Waals surface area (Å²) in [6, 6.07) is 10.5. The predicted octanol–water partition coefficient (Wildman–Crippen LogP) is 2.51. The number of rotatable bonds is 7. The van der Waals surface area contributed by atoms with Crippen molar-refractivity contribution >= 4 is 5.69 Å². The largest absolute Gasteiger partial charge is 0.375 e. The Balaban J connectivity index is 2.16. The second-order valence-corrected chi connectivity index (χ2v) is 3.82. The summed E-state index contributed by atoms with van der Waals surface area (Å²) in [5.41, 5.74) is 1.31. The van der Waals surface area contributed by atoms with Gasteiger partial charge in [-0.1, -0.05) is 25.1 Å². The summed E-state index contributed by atoms with van der Waals surface area (Å²) >= 11 is 0. The highest BCUT2D eigenvalue weighted by Gasteiger charge is 1.98. The van der Waals surface area contributed by atoms with E-state index in [0.717, 1.165) is 19.6 Å². The molecule has 0 aliphatic heterocycles. The lowest BCUT2D eigenvalue weighted by atomic mass is 10.2. The van der Waals surface area contributed by atoms with Crippen molar-refractivity contribution in [3.8, 4) is 0 Å². The predicted molar refractivity (Wildman–Crippen MR) is 67.5 cm³/mol. The van der Waals surface area contributed by atoms with Crippen LogP contribution in [0, 0.1) is 0 Å². The van der Waals surface area contributed by atoms with Gasteiger partial charge in [-0.2, -0.15) is 0 Å². The first-order chi connectivity index (χ1) is 7.34. The molecule has 0 bridgehead atoms. The summed E-state index contributed by atoms with van der Waals surface area (Å²) < 4.78 is 0. The van der Waals surface area contributed by atoms with Crippen LogP contribution in [0.15, 0.2) is 30.3 Å². The molecule has 0 radical (unpaired) electrons. The van der Waals surface area contributed by atoms with Crippen LogP contribution >= 0.6 is 0 Å². The van der Waals surface area contributed by atoms with Gasteiger partial charge in [0.15, 0.2) is 0 Å². The van der Waals surface area contributed by atoms with Gasteiger partial charge >= 0.3 is 0 Å². The maximum Gasteiger partial charge on any atom is 0.0363 e. The number of hydrogen-bond donors (Lipinski definition) is 1. The molecule has 0 atom stereocenters. The van der Waals surface area contributed by atoms with Crippen molar-refractivity contribution < 1.29 is 0 Å². The van der Waals surface area contributed by atoms with Gasteiger partial charge in [-0.05, 0) is 38.1 Å². The lowest BCUT2D eigenvalue weighted by Crippen LogP contribution is -2.20. The normalized spacial score (nSPS) is 10.3. The van der Waals surface area contributed by atoms with Crippen molar-refractivity contribution in [3.63, 3.8) is 0 Å². The van der Waals surface area contributed by atoms with Gasteiger partial charge in [0.05, 0.1) is 0 Å². The number of anilines is 1. The Morgan fingerprint density at radius 2 is 1.87 bits per heavy atom. The lowest BCUT2D eigenvalue weighted by molar-refractivity contribution is 0.638. The molecule has 0 unspecified atom stereocenters. The van der Waals surface area contributed by atoms with Crippen LogP contribution in [-0.2, 0) is 0 Å². The molecule has 0 saturated heterocycles. The Labute approximate surface area is 93.3 Å². The van der Waals surface area contributed by atoms with E-state index in [2.05, 4.69) is 54.5 Å². The highest BCUT2D eigenvalue weighted by molar-refractivity contribution is 5.44. The smallest absolute Gasteiger partial charge is 0.0363 e. The first kappa shape index (κ1) is 12.1. The topological polar surface area (TPSA) is 15.3 Å². The summed E-state index contributed by atoms with van der Waals surface area (Å²) in [5.74, 6) is 0. The molecule has 84 valence electrons. The van der Waals surface area contributed by atoms with Crippen molar-refractivity contribution in [1.29, 1.82) is 0 Å². The molecule has 0 aliphatic carbocycles. The van der Waals surface area contributed by atoms with E-state index < -0.39 is 0 Å². The number of hydrogen-bond acceptors (Lipinski definition) is 2. The Hall–Kier alpha value is -1.02. The molecule has 0 aromatic heterocycles. The maximum absolute atomic E-state index is 3.34. The third-order valence-corrected chi connectivity index (χ3v) is 2.54. The van der Waals surface area contributed by atoms with Gasteiger partial charge in [0.1, 0.15) is 0 Å². The van der Waals surface area contributed by atoms with Gasteiger partial charge in [0.25, 0.3) is 0 Å². The zero-order chi connectivity index (χ0) is 10.9. The van der Waals surface area contributed by atoms with Gasteiger partial charge in [-0.25, -0.2) is 0 Å². The van der Waals surface area contributed by atoms with E-state index in [1.807, 2.05) is 0 Å². The van der Waals surface area contributed by atoms with Crippen LogP contribution in [0.5, 0.6) is 0 Å². The van der Waals surface area contributed by atoms with E-state index in [-0.39, 0.29) is 0 Å². The molecule has 1 N–H and O–H groups in total. The van der Waals surface area contributed by atoms with Crippen molar-refractivity contribution in [2.24, 2.45) is 0 Å². The Kier molecular flexibility index (Phi) is 5.86. The number of benzene rings is 1. The summed E-state index contributed by atoms with van der Waals surface area (Å²) in [5, 5.41) is 3.34. The number of unbranched alkanes of at least 4 members (excludes halogenated alkanes) is 1. The first-order valence-electron chi connectivity index (χ1n) is 5.81. The molecule has 0 saturated carbocycles. The van der Waals surface area contributed by atoms with Gasteiger partial charge < -0.3 is 10.2 Å². The minimum absolute atomic E-state index is 1.08. The Morgan fingerprint density at radius 1 is 1.13 bits per heavy atom. The van der Waals surface area contributed by atoms with E-state index in [0.29, 0.717) is 0 Å². The van der Waals surface area contributed by atoms with Gasteiger partial charge in [0.2, 0.25) is 0 Å². The van der Waals surface area contributed by atoms with E-state index >= 15 is 0 Å². The van der Waals surface area contributed by atoms with Crippen LogP contribution in [0.4, 0.5) is 5.69 Å². The van der Waals surface area contributed by atoms with Crippen LogP contribution in [0.1, 0.15) is 19.8 Å². The SMILES string of the molecule is CCNCCCCN(C)c1ccccc1. The first-order valence-corrected chi connectivity index (χ1v) is 5.81. The molecule has 1 rings (SSSR count). The average Bonchev–Trinajstić information content (AvgIpc) is 2.30. The zero-order valence-corrected chi connectivity index (χ0v) is 9.87. The highest BCUT2D eigenvalue weighted by Crippen LogP contribution is 2.11. The van der Waals surface area contributed by atoms with Crippen LogP contribution < -0.4 is 10.2 Å². The molecule has 0 heterocycles. The van der Waals surface area contributed by atoms with E-state index in [4.69, 9.17) is 0 Å². The minimum atomic E-state index is 1.08. The quantitative estimate of drug-likeness (QED) is 0.690. The van der Waals surface area contributed by atoms with Gasteiger partial charge in [-0.3, -0.25) is 0 Å². The van der Waals surface area contributed by atoms with Crippen LogP contribution in [0.2, 0.25) is 0 Å². The number of nitrogens with zero attached hydrogens (tertiary/aromatic N) is 1. The van der Waals surface area contributed by atoms with Crippen LogP contribution in [0.25, 0.3) is 0 Å². The second kappa shape index (κ2) is 7.30. The van der Waals surface area contributed by atoms with Crippen molar-refractivity contribution in [3.05, 3.63) is 30.3 Å². The summed E-state index contributed by atoms with van der Waals surface area (Å²) in [6.07, 6.45) is 2.50. The fraction of sp³-hybridized carbons (Fsp3) is 0.538. The van der Waals surface area contributed by atoms with Gasteiger partial charge in [0, 0.05) is 19.3 Å². The van der Waals surface area contributed by atoms with Crippen molar-refractivity contribution in [1.82, 2.24) is 5.32 Å². The zero-order valence-electron chi connectivity index (χ0n) is 9.87. The summed E-state index contributed by atoms with van der Waals surface area (Å²) in [7, 11) is 2.16. The molecule has 2 nitrogen and oxygen atoms in total. The van der Waals surface area contributed by atoms with Crippen LogP contribution in [0.3, 0.4) is 0 Å². The molecule has 2 heteroatoms. The third kappa shape index (κ3) is 4.84. The van der Waals surface area contributed by atoms with E-state index in [1.165, 1.54) is 18.5 Å². The maximum atomic E-state index is 3.34. The summed E-state index contributed by atoms with van der Waals surface area (Å²) in [6.45, 7) is 5.50. The molecule has 1 aromatic carbocycles. The van der Waals surface area contributed by atoms with Crippen molar-refractivity contribution in [2.75, 3.05) is 31.6 Å². The fourth-order valence-corrected chi connectivity index (χ4v) is 1.59. The molecule has 0 amide bonds. The fourth-order valence-electron chi connectivity index (χ4n) is 1.59. The third-order valence-electron chi connectivity index (χ3n) is 2.54. The lowest BCUT2D eigenvalue weighted by Gasteiger charge is -2.18. The van der Waals surface area contributed by atoms with Crippen molar-refractivity contribution in [2.45, 2.75) is 19.8 Å². The van der Waals surface area contributed by atoms with Gasteiger partial charge in [-0.15, -0.1) is 0 Å². The Morgan fingerprint density at radius 3 is 2.53 bits per heavy atom. The molecule has 0 spiro atoms. The molecule has 1 aromatic rings. The average molecular weight is 206 g/mol. The molecular formula is C13H22N2. The summed E-state index contributed by atoms with van der Waals surface area (Å²) in [4.78, 5) is 2.31. The second-order valence-electron chi connectivity index (χ2n) is 3.82. The van der Waals surface area contributed by atoms with Crippen LogP contribution in [-0.4, -0.2) is 26.7 Å². The highest BCUT2D eigenvalue weighted by atomic mass is 15.1.